The minimum atomic E-state index is -0.431. The molecule has 0 fully saturated rings. The van der Waals surface area contributed by atoms with Crippen LogP contribution in [0.15, 0.2) is 36.5 Å². The highest BCUT2D eigenvalue weighted by atomic mass is 19.1. The Balaban J connectivity index is 2.14. The number of phenolic OH excluding ortho intramolecular Hbond substituents is 1. The van der Waals surface area contributed by atoms with Gasteiger partial charge in [-0.15, -0.1) is 0 Å². The zero-order valence-electron chi connectivity index (χ0n) is 9.85. The molecule has 0 saturated carbocycles. The second-order valence-electron chi connectivity index (χ2n) is 3.66. The van der Waals surface area contributed by atoms with Gasteiger partial charge in [0.25, 0.3) is 0 Å². The zero-order chi connectivity index (χ0) is 13.0. The van der Waals surface area contributed by atoms with E-state index in [0.29, 0.717) is 11.3 Å². The van der Waals surface area contributed by atoms with E-state index in [0.717, 1.165) is 0 Å². The number of phenols is 1. The third kappa shape index (κ3) is 2.51. The smallest absolute Gasteiger partial charge is 0.165 e. The summed E-state index contributed by atoms with van der Waals surface area (Å²) in [6, 6.07) is 7.97. The van der Waals surface area contributed by atoms with Gasteiger partial charge in [0.2, 0.25) is 0 Å². The van der Waals surface area contributed by atoms with Crippen LogP contribution < -0.4 is 10.1 Å². The van der Waals surface area contributed by atoms with Gasteiger partial charge in [0.1, 0.15) is 0 Å². The maximum absolute atomic E-state index is 13.3. The van der Waals surface area contributed by atoms with Crippen molar-refractivity contribution in [2.24, 2.45) is 0 Å². The molecule has 5 heteroatoms. The summed E-state index contributed by atoms with van der Waals surface area (Å²) in [5.41, 5.74) is 0.611. The highest BCUT2D eigenvalue weighted by Crippen LogP contribution is 2.29. The Bertz CT molecular complexity index is 546. The molecule has 0 saturated heterocycles. The van der Waals surface area contributed by atoms with Gasteiger partial charge in [-0.2, -0.15) is 0 Å². The van der Waals surface area contributed by atoms with Gasteiger partial charge in [0.15, 0.2) is 23.1 Å². The summed E-state index contributed by atoms with van der Waals surface area (Å²) in [5.74, 6) is 0.152. The largest absolute Gasteiger partial charge is 0.504 e. The maximum Gasteiger partial charge on any atom is 0.165 e. The molecule has 0 unspecified atom stereocenters. The van der Waals surface area contributed by atoms with E-state index in [-0.39, 0.29) is 18.1 Å². The van der Waals surface area contributed by atoms with Gasteiger partial charge in [-0.25, -0.2) is 9.37 Å². The lowest BCUT2D eigenvalue weighted by Crippen LogP contribution is -2.03. The van der Waals surface area contributed by atoms with Crippen LogP contribution in [0.5, 0.6) is 11.5 Å². The zero-order valence-corrected chi connectivity index (χ0v) is 9.85. The van der Waals surface area contributed by atoms with Crippen molar-refractivity contribution in [3.8, 4) is 11.5 Å². The molecule has 1 heterocycles. The molecule has 0 aliphatic heterocycles. The number of halogens is 1. The van der Waals surface area contributed by atoms with E-state index in [4.69, 9.17) is 4.74 Å². The minimum absolute atomic E-state index is 0.0452. The SMILES string of the molecule is COc1cccc(CNc2ncccc2F)c1O. The molecule has 1 aromatic carbocycles. The first-order chi connectivity index (χ1) is 8.72. The van der Waals surface area contributed by atoms with Crippen LogP contribution in [0, 0.1) is 5.82 Å². The standard InChI is InChI=1S/C13H13FN2O2/c1-18-11-6-2-4-9(12(11)17)8-16-13-10(14)5-3-7-15-13/h2-7,17H,8H2,1H3,(H,15,16). The summed E-state index contributed by atoms with van der Waals surface area (Å²) in [5, 5.41) is 12.7. The lowest BCUT2D eigenvalue weighted by Gasteiger charge is -2.10. The van der Waals surface area contributed by atoms with Crippen molar-refractivity contribution in [1.82, 2.24) is 4.98 Å². The molecule has 2 rings (SSSR count). The van der Waals surface area contributed by atoms with Crippen LogP contribution in [0.1, 0.15) is 5.56 Å². The van der Waals surface area contributed by atoms with Gasteiger partial charge < -0.3 is 15.2 Å². The molecule has 0 bridgehead atoms. The summed E-state index contributed by atoms with van der Waals surface area (Å²) < 4.78 is 18.3. The Kier molecular flexibility index (Phi) is 3.62. The number of nitrogens with one attached hydrogen (secondary N) is 1. The molecule has 18 heavy (non-hydrogen) atoms. The highest BCUT2D eigenvalue weighted by molar-refractivity contribution is 5.47. The fourth-order valence-electron chi connectivity index (χ4n) is 1.57. The monoisotopic (exact) mass is 248 g/mol. The topological polar surface area (TPSA) is 54.4 Å². The van der Waals surface area contributed by atoms with Gasteiger partial charge in [0, 0.05) is 18.3 Å². The van der Waals surface area contributed by atoms with Crippen LogP contribution in [0.2, 0.25) is 0 Å². The molecule has 94 valence electrons. The van der Waals surface area contributed by atoms with Crippen molar-refractivity contribution < 1.29 is 14.2 Å². The van der Waals surface area contributed by atoms with Crippen molar-refractivity contribution in [3.63, 3.8) is 0 Å². The van der Waals surface area contributed by atoms with E-state index >= 15 is 0 Å². The second-order valence-corrected chi connectivity index (χ2v) is 3.66. The Labute approximate surface area is 104 Å². The van der Waals surface area contributed by atoms with E-state index in [1.807, 2.05) is 0 Å². The fourth-order valence-corrected chi connectivity index (χ4v) is 1.57. The normalized spacial score (nSPS) is 10.1. The van der Waals surface area contributed by atoms with E-state index in [2.05, 4.69) is 10.3 Å². The van der Waals surface area contributed by atoms with Crippen LogP contribution >= 0.6 is 0 Å². The van der Waals surface area contributed by atoms with Crippen molar-refractivity contribution in [1.29, 1.82) is 0 Å². The first-order valence-corrected chi connectivity index (χ1v) is 5.41. The van der Waals surface area contributed by atoms with E-state index in [1.54, 1.807) is 18.2 Å². The Morgan fingerprint density at radius 3 is 2.89 bits per heavy atom. The molecule has 0 radical (unpaired) electrons. The first kappa shape index (κ1) is 12.2. The average Bonchev–Trinajstić information content (AvgIpc) is 2.39. The molecule has 0 spiro atoms. The number of nitrogens with zero attached hydrogens (tertiary/aromatic N) is 1. The number of benzene rings is 1. The van der Waals surface area contributed by atoms with Crippen LogP contribution in [-0.4, -0.2) is 17.2 Å². The van der Waals surface area contributed by atoms with Crippen molar-refractivity contribution in [3.05, 3.63) is 47.9 Å². The summed E-state index contributed by atoms with van der Waals surface area (Å²) in [7, 11) is 1.48. The predicted molar refractivity (Wildman–Crippen MR) is 66.2 cm³/mol. The molecule has 0 aliphatic rings. The molecule has 2 aromatic rings. The van der Waals surface area contributed by atoms with Gasteiger partial charge in [-0.1, -0.05) is 12.1 Å². The van der Waals surface area contributed by atoms with Gasteiger partial charge >= 0.3 is 0 Å². The molecule has 0 atom stereocenters. The molecule has 0 amide bonds. The molecular formula is C13H13FN2O2. The van der Waals surface area contributed by atoms with E-state index < -0.39 is 5.82 Å². The highest BCUT2D eigenvalue weighted by Gasteiger charge is 2.08. The lowest BCUT2D eigenvalue weighted by molar-refractivity contribution is 0.371. The number of methoxy groups -OCH3 is 1. The number of aromatic nitrogens is 1. The molecule has 2 N–H and O–H groups in total. The maximum atomic E-state index is 13.3. The number of hydrogen-bond acceptors (Lipinski definition) is 4. The average molecular weight is 248 g/mol. The number of ether oxygens (including phenoxy) is 1. The molecular weight excluding hydrogens is 235 g/mol. The van der Waals surface area contributed by atoms with Gasteiger partial charge in [-0.3, -0.25) is 0 Å². The molecule has 0 aliphatic carbocycles. The Hall–Kier alpha value is -2.30. The van der Waals surface area contributed by atoms with Crippen molar-refractivity contribution in [2.75, 3.05) is 12.4 Å². The Morgan fingerprint density at radius 1 is 1.33 bits per heavy atom. The third-order valence-electron chi connectivity index (χ3n) is 2.51. The molecule has 4 nitrogen and oxygen atoms in total. The van der Waals surface area contributed by atoms with E-state index in [1.165, 1.54) is 25.4 Å². The van der Waals surface area contributed by atoms with Crippen molar-refractivity contribution in [2.45, 2.75) is 6.54 Å². The van der Waals surface area contributed by atoms with Crippen LogP contribution in [-0.2, 0) is 6.54 Å². The number of hydrogen-bond donors (Lipinski definition) is 2. The number of pyridine rings is 1. The van der Waals surface area contributed by atoms with Crippen LogP contribution in [0.25, 0.3) is 0 Å². The summed E-state index contributed by atoms with van der Waals surface area (Å²) in [6.07, 6.45) is 1.50. The minimum Gasteiger partial charge on any atom is -0.504 e. The van der Waals surface area contributed by atoms with E-state index in [9.17, 15) is 9.50 Å². The summed E-state index contributed by atoms with van der Waals surface area (Å²) >= 11 is 0. The lowest BCUT2D eigenvalue weighted by atomic mass is 10.2. The summed E-state index contributed by atoms with van der Waals surface area (Å²) in [6.45, 7) is 0.261. The predicted octanol–water partition coefficient (Wildman–Crippen LogP) is 2.55. The number of para-hydroxylation sites is 1. The van der Waals surface area contributed by atoms with Crippen molar-refractivity contribution >= 4 is 5.82 Å². The third-order valence-corrected chi connectivity index (χ3v) is 2.51. The van der Waals surface area contributed by atoms with Crippen LogP contribution in [0.3, 0.4) is 0 Å². The Morgan fingerprint density at radius 2 is 2.17 bits per heavy atom. The number of rotatable bonds is 4. The van der Waals surface area contributed by atoms with Crippen LogP contribution in [0.4, 0.5) is 10.2 Å². The second kappa shape index (κ2) is 5.35. The first-order valence-electron chi connectivity index (χ1n) is 5.41. The fraction of sp³-hybridized carbons (Fsp3) is 0.154. The summed E-state index contributed by atoms with van der Waals surface area (Å²) in [4.78, 5) is 3.87. The number of anilines is 1. The van der Waals surface area contributed by atoms with Gasteiger partial charge in [-0.05, 0) is 18.2 Å². The molecule has 1 aromatic heterocycles. The quantitative estimate of drug-likeness (QED) is 0.873. The number of aromatic hydroxyl groups is 1. The van der Waals surface area contributed by atoms with Gasteiger partial charge in [0.05, 0.1) is 7.11 Å².